The topological polar surface area (TPSA) is 34.1 Å². The Kier molecular flexibility index (Phi) is 2.93. The van der Waals surface area contributed by atoms with E-state index in [2.05, 4.69) is 0 Å². The highest BCUT2D eigenvalue weighted by atomic mass is 35.5. The molecule has 0 atom stereocenters. The van der Waals surface area contributed by atoms with Crippen molar-refractivity contribution in [1.29, 1.82) is 0 Å². The molecule has 0 radical (unpaired) electrons. The molecule has 2 nitrogen and oxygen atoms in total. The molecular weight excluding hydrogens is 215 g/mol. The van der Waals surface area contributed by atoms with Gasteiger partial charge in [-0.25, -0.2) is 12.8 Å². The van der Waals surface area contributed by atoms with Crippen LogP contribution in [0.25, 0.3) is 0 Å². The normalized spacial score (nSPS) is 11.6. The number of halogens is 2. The summed E-state index contributed by atoms with van der Waals surface area (Å²) in [5.41, 5.74) is 0.494. The molecule has 0 aliphatic carbocycles. The smallest absolute Gasteiger partial charge is 0.151 e. The van der Waals surface area contributed by atoms with E-state index >= 15 is 0 Å². The van der Waals surface area contributed by atoms with Crippen molar-refractivity contribution < 1.29 is 12.8 Å². The summed E-state index contributed by atoms with van der Waals surface area (Å²) >= 11 is 5.47. The van der Waals surface area contributed by atoms with Gasteiger partial charge in [-0.3, -0.25) is 0 Å². The average Bonchev–Trinajstić information content (AvgIpc) is 1.94. The highest BCUT2D eigenvalue weighted by Crippen LogP contribution is 2.17. The molecule has 0 saturated carbocycles. The van der Waals surface area contributed by atoms with Gasteiger partial charge in [0.15, 0.2) is 9.84 Å². The molecule has 0 fully saturated rings. The standard InChI is InChI=1S/C8H8ClFO2S/c1-13(11,12)5-6-2-3-8(10)7(9)4-6/h2-4H,5H2,1H3. The first-order valence-electron chi connectivity index (χ1n) is 3.50. The number of hydrogen-bond acceptors (Lipinski definition) is 2. The van der Waals surface area contributed by atoms with Gasteiger partial charge in [-0.15, -0.1) is 0 Å². The molecule has 0 heterocycles. The van der Waals surface area contributed by atoms with Gasteiger partial charge in [0.2, 0.25) is 0 Å². The van der Waals surface area contributed by atoms with Crippen LogP contribution in [0.4, 0.5) is 4.39 Å². The molecule has 5 heteroatoms. The third-order valence-electron chi connectivity index (χ3n) is 1.41. The van der Waals surface area contributed by atoms with Crippen molar-refractivity contribution >= 4 is 21.4 Å². The summed E-state index contributed by atoms with van der Waals surface area (Å²) in [7, 11) is -3.09. The van der Waals surface area contributed by atoms with Gasteiger partial charge in [0.1, 0.15) is 5.82 Å². The van der Waals surface area contributed by atoms with Crippen LogP contribution in [0.2, 0.25) is 5.02 Å². The lowest BCUT2D eigenvalue weighted by molar-refractivity contribution is 0.600. The van der Waals surface area contributed by atoms with Crippen LogP contribution in [0, 0.1) is 5.82 Å². The molecule has 1 rings (SSSR count). The molecule has 1 aromatic carbocycles. The Bertz CT molecular complexity index is 414. The lowest BCUT2D eigenvalue weighted by Gasteiger charge is -2.00. The molecule has 72 valence electrons. The van der Waals surface area contributed by atoms with Gasteiger partial charge in [-0.05, 0) is 17.7 Å². The first-order valence-corrected chi connectivity index (χ1v) is 5.94. The van der Waals surface area contributed by atoms with E-state index in [-0.39, 0.29) is 10.8 Å². The van der Waals surface area contributed by atoms with Crippen LogP contribution < -0.4 is 0 Å². The van der Waals surface area contributed by atoms with Crippen LogP contribution >= 0.6 is 11.6 Å². The summed E-state index contributed by atoms with van der Waals surface area (Å²) < 4.78 is 34.4. The summed E-state index contributed by atoms with van der Waals surface area (Å²) in [6, 6.07) is 3.88. The van der Waals surface area contributed by atoms with Crippen molar-refractivity contribution in [2.75, 3.05) is 6.26 Å². The monoisotopic (exact) mass is 222 g/mol. The van der Waals surface area contributed by atoms with Gasteiger partial charge in [-0.1, -0.05) is 17.7 Å². The van der Waals surface area contributed by atoms with Crippen LogP contribution in [-0.4, -0.2) is 14.7 Å². The Morgan fingerprint density at radius 3 is 2.54 bits per heavy atom. The summed E-state index contributed by atoms with van der Waals surface area (Å²) in [5, 5.41) is -0.0545. The molecule has 13 heavy (non-hydrogen) atoms. The molecule has 1 aromatic rings. The molecule has 0 N–H and O–H groups in total. The van der Waals surface area contributed by atoms with Crippen LogP contribution in [-0.2, 0) is 15.6 Å². The van der Waals surface area contributed by atoms with E-state index in [0.29, 0.717) is 5.56 Å². The van der Waals surface area contributed by atoms with Crippen LogP contribution in [0.1, 0.15) is 5.56 Å². The zero-order chi connectivity index (χ0) is 10.1. The highest BCUT2D eigenvalue weighted by molar-refractivity contribution is 7.89. The summed E-state index contributed by atoms with van der Waals surface area (Å²) in [6.07, 6.45) is 1.12. The maximum atomic E-state index is 12.7. The van der Waals surface area contributed by atoms with Crippen molar-refractivity contribution in [1.82, 2.24) is 0 Å². The van der Waals surface area contributed by atoms with Gasteiger partial charge in [0.05, 0.1) is 10.8 Å². The quantitative estimate of drug-likeness (QED) is 0.767. The highest BCUT2D eigenvalue weighted by Gasteiger charge is 2.06. The predicted octanol–water partition coefficient (Wildman–Crippen LogP) is 2.02. The molecule has 0 saturated heterocycles. The number of benzene rings is 1. The molecule has 0 aliphatic heterocycles. The second kappa shape index (κ2) is 3.64. The lowest BCUT2D eigenvalue weighted by Crippen LogP contribution is -2.00. The largest absolute Gasteiger partial charge is 0.229 e. The average molecular weight is 223 g/mol. The third kappa shape index (κ3) is 3.32. The van der Waals surface area contributed by atoms with Crippen LogP contribution in [0.5, 0.6) is 0 Å². The SMILES string of the molecule is CS(=O)(=O)Cc1ccc(F)c(Cl)c1. The predicted molar refractivity (Wildman–Crippen MR) is 50.0 cm³/mol. The van der Waals surface area contributed by atoms with Gasteiger partial charge >= 0.3 is 0 Å². The first-order chi connectivity index (χ1) is 5.88. The summed E-state index contributed by atoms with van der Waals surface area (Å²) in [6.45, 7) is 0. The van der Waals surface area contributed by atoms with Gasteiger partial charge in [-0.2, -0.15) is 0 Å². The second-order valence-corrected chi connectivity index (χ2v) is 5.37. The van der Waals surface area contributed by atoms with Gasteiger partial charge in [0, 0.05) is 6.26 Å². The van der Waals surface area contributed by atoms with Crippen LogP contribution in [0.3, 0.4) is 0 Å². The van der Waals surface area contributed by atoms with Crippen molar-refractivity contribution in [3.8, 4) is 0 Å². The lowest BCUT2D eigenvalue weighted by atomic mass is 10.2. The maximum Gasteiger partial charge on any atom is 0.151 e. The van der Waals surface area contributed by atoms with E-state index in [9.17, 15) is 12.8 Å². The Balaban J connectivity index is 2.99. The summed E-state index contributed by atoms with van der Waals surface area (Å²) in [4.78, 5) is 0. The Morgan fingerprint density at radius 1 is 1.46 bits per heavy atom. The first kappa shape index (κ1) is 10.5. The molecule has 0 aromatic heterocycles. The molecule has 0 unspecified atom stereocenters. The van der Waals surface area contributed by atoms with E-state index < -0.39 is 15.7 Å². The maximum absolute atomic E-state index is 12.7. The van der Waals surface area contributed by atoms with Crippen molar-refractivity contribution in [2.24, 2.45) is 0 Å². The zero-order valence-electron chi connectivity index (χ0n) is 6.92. The fourth-order valence-electron chi connectivity index (χ4n) is 0.932. The van der Waals surface area contributed by atoms with Crippen molar-refractivity contribution in [2.45, 2.75) is 5.75 Å². The van der Waals surface area contributed by atoms with E-state index in [1.807, 2.05) is 0 Å². The van der Waals surface area contributed by atoms with Crippen LogP contribution in [0.15, 0.2) is 18.2 Å². The minimum absolute atomic E-state index is 0.0545. The summed E-state index contributed by atoms with van der Waals surface area (Å²) in [5.74, 6) is -0.661. The Morgan fingerprint density at radius 2 is 2.08 bits per heavy atom. The molecular formula is C8H8ClFO2S. The Labute approximate surface area is 81.3 Å². The fraction of sp³-hybridized carbons (Fsp3) is 0.250. The molecule has 0 spiro atoms. The molecule has 0 amide bonds. The van der Waals surface area contributed by atoms with Crippen molar-refractivity contribution in [3.05, 3.63) is 34.6 Å². The van der Waals surface area contributed by atoms with Gasteiger partial charge in [0.25, 0.3) is 0 Å². The van der Waals surface area contributed by atoms with E-state index in [4.69, 9.17) is 11.6 Å². The minimum atomic E-state index is -3.09. The second-order valence-electron chi connectivity index (χ2n) is 2.82. The minimum Gasteiger partial charge on any atom is -0.229 e. The van der Waals surface area contributed by atoms with Crippen molar-refractivity contribution in [3.63, 3.8) is 0 Å². The third-order valence-corrected chi connectivity index (χ3v) is 2.56. The van der Waals surface area contributed by atoms with E-state index in [0.717, 1.165) is 12.3 Å². The zero-order valence-corrected chi connectivity index (χ0v) is 8.49. The Hall–Kier alpha value is -0.610. The van der Waals surface area contributed by atoms with E-state index in [1.165, 1.54) is 12.1 Å². The number of rotatable bonds is 2. The fourth-order valence-corrected chi connectivity index (χ4v) is 1.92. The van der Waals surface area contributed by atoms with E-state index in [1.54, 1.807) is 0 Å². The number of sulfone groups is 1. The molecule has 0 bridgehead atoms. The number of hydrogen-bond donors (Lipinski definition) is 0. The van der Waals surface area contributed by atoms with Gasteiger partial charge < -0.3 is 0 Å². The molecule has 0 aliphatic rings.